The van der Waals surface area contributed by atoms with E-state index in [1.54, 1.807) is 6.07 Å². The molecule has 0 saturated heterocycles. The van der Waals surface area contributed by atoms with Gasteiger partial charge in [0.1, 0.15) is 0 Å². The van der Waals surface area contributed by atoms with Gasteiger partial charge in [-0.3, -0.25) is 0 Å². The van der Waals surface area contributed by atoms with Gasteiger partial charge in [-0.1, -0.05) is 0 Å². The van der Waals surface area contributed by atoms with Gasteiger partial charge in [0.25, 0.3) is 0 Å². The number of hydrogen-bond donors (Lipinski definition) is 0. The largest absolute Gasteiger partial charge is 5.00 e. The summed E-state index contributed by atoms with van der Waals surface area (Å²) in [6.07, 6.45) is 0. The van der Waals surface area contributed by atoms with Crippen LogP contribution in [-0.4, -0.2) is 0 Å². The van der Waals surface area contributed by atoms with Gasteiger partial charge >= 0.3 is 34.7 Å². The first kappa shape index (κ1) is 46.0. The van der Waals surface area contributed by atoms with Gasteiger partial charge in [-0.2, -0.15) is 36.4 Å². The Morgan fingerprint density at radius 1 is 0.481 bits per heavy atom. The molecule has 0 aliphatic carbocycles. The van der Waals surface area contributed by atoms with Crippen LogP contribution in [0.2, 0.25) is 0 Å². The molecule has 154 valence electrons. The average Bonchev–Trinajstić information content (AvgIpc) is 3.40. The number of rotatable bonds is 0. The molecule has 0 N–H and O–H groups in total. The van der Waals surface area contributed by atoms with Crippen molar-refractivity contribution in [3.63, 3.8) is 0 Å². The molecule has 4 aromatic rings. The summed E-state index contributed by atoms with van der Waals surface area (Å²) in [6.45, 7) is 0. The third-order valence-corrected chi connectivity index (χ3v) is 2.02. The molecule has 4 rings (SSSR count). The van der Waals surface area contributed by atoms with Crippen molar-refractivity contribution in [2.45, 2.75) is 0 Å². The quantitative estimate of drug-likeness (QED) is 0.134. The van der Waals surface area contributed by atoms with Crippen LogP contribution in [0.15, 0.2) is 97.1 Å². The molecule has 4 aromatic carbocycles. The normalized spacial score (nSPS) is 5.93. The minimum atomic E-state index is 0. The fourth-order valence-corrected chi connectivity index (χ4v) is 1.14. The van der Waals surface area contributed by atoms with E-state index in [0.29, 0.717) is 0 Å². The van der Waals surface area contributed by atoms with Crippen molar-refractivity contribution in [1.29, 1.82) is 0 Å². The summed E-state index contributed by atoms with van der Waals surface area (Å²) in [5.74, 6) is 0. The molecule has 0 aliphatic heterocycles. The molecule has 7 heteroatoms. The minimum Gasteiger partial charge on any atom is -0.999 e. The van der Waals surface area contributed by atoms with Gasteiger partial charge in [-0.25, -0.2) is 24.3 Å². The van der Waals surface area contributed by atoms with Gasteiger partial charge < -0.3 is 101 Å². The van der Waals surface area contributed by atoms with Gasteiger partial charge in [0.2, 0.25) is 0 Å². The van der Waals surface area contributed by atoms with E-state index in [0.717, 1.165) is 0 Å². The summed E-state index contributed by atoms with van der Waals surface area (Å²) < 4.78 is 0. The predicted molar refractivity (Wildman–Crippen MR) is 110 cm³/mol. The van der Waals surface area contributed by atoms with E-state index in [2.05, 4.69) is 24.3 Å². The summed E-state index contributed by atoms with van der Waals surface area (Å²) in [5, 5.41) is 0. The van der Waals surface area contributed by atoms with E-state index in [1.807, 2.05) is 91.0 Å². The van der Waals surface area contributed by atoms with E-state index in [1.165, 1.54) is 0 Å². The third-order valence-electron chi connectivity index (χ3n) is 2.02. The molecule has 0 saturated carbocycles. The first-order chi connectivity index (χ1) is 10.0. The van der Waals surface area contributed by atoms with Crippen molar-refractivity contribution < 1.29 is 67.7 Å². The Bertz CT molecular complexity index is 364. The Hall–Kier alpha value is 0.502. The topological polar surface area (TPSA) is 0 Å². The van der Waals surface area contributed by atoms with Crippen molar-refractivity contribution in [2.75, 3.05) is 0 Å². The van der Waals surface area contributed by atoms with Crippen LogP contribution in [0.4, 0.5) is 0 Å². The number of thiol groups is 3. The molecule has 0 atom stereocenters. The Kier molecular flexibility index (Phi) is 69.8. The smallest absolute Gasteiger partial charge is 0.999 e. The Balaban J connectivity index is -0.0000000364. The Labute approximate surface area is 227 Å². The average molecular weight is 577 g/mol. The molecule has 27 heavy (non-hydrogen) atoms. The summed E-state index contributed by atoms with van der Waals surface area (Å²) in [7, 11) is 0. The minimum absolute atomic E-state index is 0. The van der Waals surface area contributed by atoms with E-state index >= 15 is 0 Å². The van der Waals surface area contributed by atoms with Gasteiger partial charge in [0.15, 0.2) is 0 Å². The van der Waals surface area contributed by atoms with Gasteiger partial charge in [-0.15, -0.1) is 0 Å². The van der Waals surface area contributed by atoms with Crippen molar-refractivity contribution in [2.24, 2.45) is 0 Å². The zero-order valence-corrected chi connectivity index (χ0v) is 21.2. The van der Waals surface area contributed by atoms with Crippen LogP contribution in [0.5, 0.6) is 0 Å². The second kappa shape index (κ2) is 41.0. The maximum absolute atomic E-state index is 2.62. The SMILES string of the molecule is [Cr+5].[Cr+5].[Ni].[Ni].[SH-].[SH-].[SH-].[c-]1[c-][c-][cH-][c-]1.[cH-]1[cH-][cH-][cH-][cH-]1.c1cc[cH-]c1.c1cc[cH-]c1. The monoisotopic (exact) mass is 575 g/mol. The van der Waals surface area contributed by atoms with E-state index in [4.69, 9.17) is 0 Å². The summed E-state index contributed by atoms with van der Waals surface area (Å²) in [4.78, 5) is 0. The fourth-order valence-electron chi connectivity index (χ4n) is 1.14. The van der Waals surface area contributed by atoms with E-state index in [-0.39, 0.29) is 108 Å². The standard InChI is InChI=1S/3C5H5.C5H.2Cr.2Ni.3H2S/c4*1-2-4-5-3-1;;;;;;;/h3*1-5H;1H;;;;;3*1H2/q-5;2*-1;-5;2*+5;;;;;/p-3. The molecule has 0 amide bonds. The van der Waals surface area contributed by atoms with Crippen LogP contribution < -0.4 is 0 Å². The maximum Gasteiger partial charge on any atom is 5.00 e. The van der Waals surface area contributed by atoms with Crippen molar-refractivity contribution in [3.05, 3.63) is 121 Å². The van der Waals surface area contributed by atoms with Crippen LogP contribution in [0.1, 0.15) is 0 Å². The van der Waals surface area contributed by atoms with Crippen LogP contribution in [0.3, 0.4) is 0 Å². The van der Waals surface area contributed by atoms with Crippen LogP contribution >= 0.6 is 0 Å². The summed E-state index contributed by atoms with van der Waals surface area (Å²) in [6, 6.07) is 42.0. The second-order valence-electron chi connectivity index (χ2n) is 3.57. The molecule has 0 fully saturated rings. The van der Waals surface area contributed by atoms with Gasteiger partial charge in [0.05, 0.1) is 0 Å². The Morgan fingerprint density at radius 3 is 0.852 bits per heavy atom. The van der Waals surface area contributed by atoms with Crippen LogP contribution in [0.25, 0.3) is 0 Å². The molecular weight excluding hydrogens is 558 g/mol. The zero-order chi connectivity index (χ0) is 14.1. The number of hydrogen-bond acceptors (Lipinski definition) is 3. The molecule has 0 aliphatic rings. The molecular formula is C20H19Cr2Ni2S3-5. The van der Waals surface area contributed by atoms with Crippen molar-refractivity contribution >= 4 is 40.5 Å². The first-order valence-electron chi connectivity index (χ1n) is 6.33. The van der Waals surface area contributed by atoms with Crippen LogP contribution in [0, 0.1) is 24.3 Å². The van der Waals surface area contributed by atoms with Gasteiger partial charge in [-0.05, 0) is 0 Å². The first-order valence-corrected chi connectivity index (χ1v) is 6.33. The molecule has 0 nitrogen and oxygen atoms in total. The van der Waals surface area contributed by atoms with Crippen LogP contribution in [-0.2, 0) is 108 Å². The fraction of sp³-hybridized carbons (Fsp3) is 0. The van der Waals surface area contributed by atoms with E-state index < -0.39 is 0 Å². The molecule has 2 radical (unpaired) electrons. The molecule has 0 bridgehead atoms. The molecule has 0 aromatic heterocycles. The second-order valence-corrected chi connectivity index (χ2v) is 3.57. The third kappa shape index (κ3) is 37.9. The van der Waals surface area contributed by atoms with Crippen molar-refractivity contribution in [3.8, 4) is 0 Å². The zero-order valence-electron chi connectivity index (χ0n) is 14.0. The van der Waals surface area contributed by atoms with Crippen molar-refractivity contribution in [1.82, 2.24) is 0 Å². The molecule has 0 spiro atoms. The van der Waals surface area contributed by atoms with Gasteiger partial charge in [0, 0.05) is 33.0 Å². The Morgan fingerprint density at radius 2 is 0.741 bits per heavy atom. The summed E-state index contributed by atoms with van der Waals surface area (Å²) in [5.41, 5.74) is 0. The summed E-state index contributed by atoms with van der Waals surface area (Å²) >= 11 is 0. The van der Waals surface area contributed by atoms with E-state index in [9.17, 15) is 0 Å². The molecule has 0 unspecified atom stereocenters. The maximum atomic E-state index is 2.62. The molecule has 0 heterocycles. The predicted octanol–water partition coefficient (Wildman–Crippen LogP) is 4.00.